The Morgan fingerprint density at radius 2 is 1.83 bits per heavy atom. The van der Waals surface area contributed by atoms with Gasteiger partial charge in [0, 0.05) is 6.42 Å². The zero-order valence-corrected chi connectivity index (χ0v) is 15.9. The Morgan fingerprint density at radius 3 is 2.38 bits per heavy atom. The predicted molar refractivity (Wildman–Crippen MR) is 87.2 cm³/mol. The molecule has 0 aromatic carbocycles. The van der Waals surface area contributed by atoms with Gasteiger partial charge in [0.25, 0.3) is 0 Å². The summed E-state index contributed by atoms with van der Waals surface area (Å²) in [6.45, 7) is 1.85. The van der Waals surface area contributed by atoms with Crippen LogP contribution in [0.1, 0.15) is 32.6 Å². The number of carbonyl (C=O) groups excluding carboxylic acids is 1. The molecule has 24 heavy (non-hydrogen) atoms. The SMILES string of the molecule is CCCCCC(=O)OC[C@H](COP(=O)(O)OCC[N+](C)(C)C)OO. The van der Waals surface area contributed by atoms with Crippen LogP contribution >= 0.6 is 7.82 Å². The summed E-state index contributed by atoms with van der Waals surface area (Å²) in [5.41, 5.74) is 0. The topological polar surface area (TPSA) is 112 Å². The quantitative estimate of drug-likeness (QED) is 0.119. The van der Waals surface area contributed by atoms with Gasteiger partial charge in [-0.1, -0.05) is 19.8 Å². The van der Waals surface area contributed by atoms with Crippen LogP contribution in [0.2, 0.25) is 0 Å². The normalized spacial score (nSPS) is 15.8. The van der Waals surface area contributed by atoms with Crippen LogP contribution in [-0.4, -0.2) is 74.2 Å². The Balaban J connectivity index is 4.05. The van der Waals surface area contributed by atoms with Gasteiger partial charge in [-0.3, -0.25) is 19.1 Å². The van der Waals surface area contributed by atoms with E-state index < -0.39 is 26.5 Å². The number of phosphoric acid groups is 1. The number of likely N-dealkylation sites (N-methyl/N-ethyl adjacent to an activating group) is 1. The van der Waals surface area contributed by atoms with Crippen molar-refractivity contribution >= 4 is 13.8 Å². The molecule has 144 valence electrons. The van der Waals surface area contributed by atoms with Crippen LogP contribution in [0.15, 0.2) is 0 Å². The molecule has 10 heteroatoms. The van der Waals surface area contributed by atoms with Crippen molar-refractivity contribution in [2.24, 2.45) is 0 Å². The summed E-state index contributed by atoms with van der Waals surface area (Å²) in [7, 11) is 1.48. The molecule has 0 aliphatic rings. The van der Waals surface area contributed by atoms with Gasteiger partial charge in [0.1, 0.15) is 19.8 Å². The minimum absolute atomic E-state index is 0.0361. The smallest absolute Gasteiger partial charge is 0.463 e. The molecule has 0 aliphatic carbocycles. The molecule has 1 unspecified atom stereocenters. The van der Waals surface area contributed by atoms with Crippen LogP contribution in [0, 0.1) is 0 Å². The summed E-state index contributed by atoms with van der Waals surface area (Å²) < 4.78 is 26.7. The van der Waals surface area contributed by atoms with Gasteiger partial charge in [-0.05, 0) is 6.42 Å². The average molecular weight is 372 g/mol. The van der Waals surface area contributed by atoms with E-state index in [9.17, 15) is 14.3 Å². The lowest BCUT2D eigenvalue weighted by Gasteiger charge is -2.24. The van der Waals surface area contributed by atoms with Crippen molar-refractivity contribution in [3.05, 3.63) is 0 Å². The number of hydrogen-bond acceptors (Lipinski definition) is 7. The Kier molecular flexibility index (Phi) is 11.6. The number of nitrogens with zero attached hydrogens (tertiary/aromatic N) is 1. The van der Waals surface area contributed by atoms with E-state index in [-0.39, 0.29) is 19.6 Å². The van der Waals surface area contributed by atoms with Crippen molar-refractivity contribution in [2.75, 3.05) is 47.5 Å². The maximum Gasteiger partial charge on any atom is 0.472 e. The molecule has 0 bridgehead atoms. The van der Waals surface area contributed by atoms with Crippen molar-refractivity contribution in [2.45, 2.75) is 38.7 Å². The zero-order valence-electron chi connectivity index (χ0n) is 15.0. The highest BCUT2D eigenvalue weighted by atomic mass is 31.2. The lowest BCUT2D eigenvalue weighted by molar-refractivity contribution is -0.870. The molecule has 0 spiro atoms. The van der Waals surface area contributed by atoms with Gasteiger partial charge in [0.15, 0.2) is 6.10 Å². The van der Waals surface area contributed by atoms with E-state index in [0.717, 1.165) is 19.3 Å². The zero-order chi connectivity index (χ0) is 18.6. The van der Waals surface area contributed by atoms with Crippen molar-refractivity contribution in [3.63, 3.8) is 0 Å². The molecule has 0 aromatic heterocycles. The molecule has 0 aliphatic heterocycles. The summed E-state index contributed by atoms with van der Waals surface area (Å²) in [6.07, 6.45) is 1.85. The summed E-state index contributed by atoms with van der Waals surface area (Å²) in [5.74, 6) is -0.420. The molecular formula is C14H31NO8P+. The molecule has 0 fully saturated rings. The van der Waals surface area contributed by atoms with E-state index in [2.05, 4.69) is 4.89 Å². The second kappa shape index (κ2) is 11.9. The number of phosphoric ester groups is 1. The van der Waals surface area contributed by atoms with Crippen LogP contribution in [0.25, 0.3) is 0 Å². The minimum Gasteiger partial charge on any atom is -0.463 e. The molecular weight excluding hydrogens is 341 g/mol. The first kappa shape index (κ1) is 23.5. The van der Waals surface area contributed by atoms with Crippen molar-refractivity contribution < 1.29 is 42.7 Å². The van der Waals surface area contributed by atoms with Gasteiger partial charge in [-0.2, -0.15) is 0 Å². The summed E-state index contributed by atoms with van der Waals surface area (Å²) in [6, 6.07) is 0. The van der Waals surface area contributed by atoms with Gasteiger partial charge < -0.3 is 14.1 Å². The second-order valence-electron chi connectivity index (χ2n) is 6.48. The molecule has 0 rings (SSSR count). The van der Waals surface area contributed by atoms with E-state index in [4.69, 9.17) is 19.0 Å². The lowest BCUT2D eigenvalue weighted by Crippen LogP contribution is -2.37. The molecule has 0 radical (unpaired) electrons. The van der Waals surface area contributed by atoms with Crippen LogP contribution in [-0.2, 0) is 28.0 Å². The molecule has 0 amide bonds. The van der Waals surface area contributed by atoms with Gasteiger partial charge in [-0.25, -0.2) is 9.45 Å². The number of ether oxygens (including phenoxy) is 1. The van der Waals surface area contributed by atoms with Crippen molar-refractivity contribution in [3.8, 4) is 0 Å². The highest BCUT2D eigenvalue weighted by Crippen LogP contribution is 2.43. The van der Waals surface area contributed by atoms with E-state index in [1.165, 1.54) is 0 Å². The fourth-order valence-electron chi connectivity index (χ4n) is 1.53. The Bertz CT molecular complexity index is 399. The van der Waals surface area contributed by atoms with Gasteiger partial charge in [0.2, 0.25) is 0 Å². The molecule has 0 heterocycles. The van der Waals surface area contributed by atoms with Gasteiger partial charge >= 0.3 is 13.8 Å². The molecule has 0 saturated heterocycles. The Hall–Kier alpha value is -0.540. The highest BCUT2D eigenvalue weighted by Gasteiger charge is 2.25. The number of carbonyl (C=O) groups is 1. The lowest BCUT2D eigenvalue weighted by atomic mass is 10.2. The Labute approximate surface area is 143 Å². The number of hydrogen-bond donors (Lipinski definition) is 2. The van der Waals surface area contributed by atoms with E-state index in [0.29, 0.717) is 11.0 Å². The number of quaternary nitrogens is 1. The molecule has 0 aromatic rings. The van der Waals surface area contributed by atoms with E-state index >= 15 is 0 Å². The van der Waals surface area contributed by atoms with Crippen LogP contribution in [0.5, 0.6) is 0 Å². The molecule has 0 saturated carbocycles. The molecule has 9 nitrogen and oxygen atoms in total. The predicted octanol–water partition coefficient (Wildman–Crippen LogP) is 1.81. The molecule has 2 N–H and O–H groups in total. The third-order valence-electron chi connectivity index (χ3n) is 3.00. The van der Waals surface area contributed by atoms with Gasteiger partial charge in [-0.15, -0.1) is 0 Å². The van der Waals surface area contributed by atoms with Crippen molar-refractivity contribution in [1.29, 1.82) is 0 Å². The summed E-state index contributed by atoms with van der Waals surface area (Å²) in [4.78, 5) is 25.1. The Morgan fingerprint density at radius 1 is 1.17 bits per heavy atom. The summed E-state index contributed by atoms with van der Waals surface area (Å²) >= 11 is 0. The first-order chi connectivity index (χ1) is 11.1. The van der Waals surface area contributed by atoms with Crippen LogP contribution in [0.3, 0.4) is 0 Å². The maximum atomic E-state index is 11.7. The van der Waals surface area contributed by atoms with E-state index in [1.54, 1.807) is 0 Å². The van der Waals surface area contributed by atoms with Crippen molar-refractivity contribution in [1.82, 2.24) is 0 Å². The summed E-state index contributed by atoms with van der Waals surface area (Å²) in [5, 5.41) is 8.75. The highest BCUT2D eigenvalue weighted by molar-refractivity contribution is 7.47. The minimum atomic E-state index is -4.26. The van der Waals surface area contributed by atoms with Crippen LogP contribution < -0.4 is 0 Å². The monoisotopic (exact) mass is 372 g/mol. The third kappa shape index (κ3) is 13.9. The largest absolute Gasteiger partial charge is 0.472 e. The fraction of sp³-hybridized carbons (Fsp3) is 0.929. The number of rotatable bonds is 14. The van der Waals surface area contributed by atoms with Crippen LogP contribution in [0.4, 0.5) is 0 Å². The van der Waals surface area contributed by atoms with E-state index in [1.807, 2.05) is 28.1 Å². The maximum absolute atomic E-state index is 11.7. The molecule has 2 atom stereocenters. The fourth-order valence-corrected chi connectivity index (χ4v) is 2.27. The first-order valence-corrected chi connectivity index (χ1v) is 9.47. The first-order valence-electron chi connectivity index (χ1n) is 7.98. The second-order valence-corrected chi connectivity index (χ2v) is 7.93. The standard InChI is InChI=1S/C14H30NO8P/c1-5-6-7-8-14(16)20-11-13(23-17)12-22-24(18,19)21-10-9-15(2,3)4/h13H,5-12H2,1-4H3,(H-,17,18,19)/p+1/t13-/m1/s1. The number of unbranched alkanes of at least 4 members (excludes halogenated alkanes) is 2. The number of esters is 1. The average Bonchev–Trinajstić information content (AvgIpc) is 2.46. The third-order valence-corrected chi connectivity index (χ3v) is 3.99. The van der Waals surface area contributed by atoms with Gasteiger partial charge in [0.05, 0.1) is 27.7 Å².